The highest BCUT2D eigenvalue weighted by atomic mass is 32.2. The minimum Gasteiger partial charge on any atom is -0.392 e. The Hall–Kier alpha value is -2.86. The summed E-state index contributed by atoms with van der Waals surface area (Å²) in [6.45, 7) is 3.92. The lowest BCUT2D eigenvalue weighted by Crippen LogP contribution is -2.36. The van der Waals surface area contributed by atoms with Crippen molar-refractivity contribution in [2.45, 2.75) is 43.5 Å². The van der Waals surface area contributed by atoms with Crippen LogP contribution in [0.4, 0.5) is 5.69 Å². The van der Waals surface area contributed by atoms with Crippen LogP contribution in [-0.2, 0) is 20.6 Å². The maximum Gasteiger partial charge on any atom is 0.237 e. The minimum absolute atomic E-state index is 0.0551. The topological polar surface area (TPSA) is 98.7 Å². The highest BCUT2D eigenvalue weighted by molar-refractivity contribution is 7.92. The normalized spacial score (nSPS) is 20.5. The first kappa shape index (κ1) is 24.3. The molecule has 1 unspecified atom stereocenters. The van der Waals surface area contributed by atoms with Gasteiger partial charge in [-0.3, -0.25) is 9.52 Å². The summed E-state index contributed by atoms with van der Waals surface area (Å²) < 4.78 is 26.7. The van der Waals surface area contributed by atoms with Crippen molar-refractivity contribution < 1.29 is 18.3 Å². The largest absolute Gasteiger partial charge is 0.392 e. The van der Waals surface area contributed by atoms with E-state index in [9.17, 15) is 18.3 Å². The molecule has 0 spiro atoms. The molecule has 1 fully saturated rings. The van der Waals surface area contributed by atoms with Crippen molar-refractivity contribution in [2.75, 3.05) is 31.4 Å². The van der Waals surface area contributed by atoms with Gasteiger partial charge in [0.15, 0.2) is 0 Å². The van der Waals surface area contributed by atoms with Gasteiger partial charge in [-0.15, -0.1) is 0 Å². The molecule has 7 nitrogen and oxygen atoms in total. The third-order valence-corrected chi connectivity index (χ3v) is 7.68. The van der Waals surface area contributed by atoms with Crippen LogP contribution in [0.25, 0.3) is 0 Å². The van der Waals surface area contributed by atoms with E-state index >= 15 is 0 Å². The SMILES string of the molecule is CCC#Cc1cccc([C@@H](CN2CC[C@H](O)C2)C(C(=O)NC)c2ccc3c(c2)NS(=O)(=O)C3)c1. The zero-order valence-electron chi connectivity index (χ0n) is 19.5. The van der Waals surface area contributed by atoms with Gasteiger partial charge < -0.3 is 15.3 Å². The first-order valence-corrected chi connectivity index (χ1v) is 13.3. The molecule has 2 aliphatic rings. The standard InChI is InChI=1S/C26H31N3O4S/c1-3-4-6-18-7-5-8-19(13-18)23(16-29-12-11-22(30)15-29)25(26(31)27-2)20-9-10-21-17-34(32,33)28-24(21)14-20/h5,7-10,13-14,22-23,25,28,30H,3,11-12,15-17H2,1-2H3,(H,27,31)/t22-,23+,25?/m0/s1. The third kappa shape index (κ3) is 5.44. The molecule has 0 aliphatic carbocycles. The highest BCUT2D eigenvalue weighted by Gasteiger charge is 2.35. The Morgan fingerprint density at radius 3 is 2.79 bits per heavy atom. The summed E-state index contributed by atoms with van der Waals surface area (Å²) in [5.41, 5.74) is 3.86. The monoisotopic (exact) mass is 481 g/mol. The molecule has 8 heteroatoms. The van der Waals surface area contributed by atoms with Crippen LogP contribution in [-0.4, -0.2) is 57.1 Å². The average Bonchev–Trinajstić information content (AvgIpc) is 3.37. The number of aliphatic hydroxyl groups excluding tert-OH is 1. The minimum atomic E-state index is -3.39. The van der Waals surface area contributed by atoms with Gasteiger partial charge in [0.25, 0.3) is 0 Å². The van der Waals surface area contributed by atoms with Gasteiger partial charge in [-0.25, -0.2) is 8.42 Å². The lowest BCUT2D eigenvalue weighted by Gasteiger charge is -2.31. The Labute approximate surface area is 201 Å². The van der Waals surface area contributed by atoms with Crippen molar-refractivity contribution in [1.82, 2.24) is 10.2 Å². The summed E-state index contributed by atoms with van der Waals surface area (Å²) in [6.07, 6.45) is 1.10. The van der Waals surface area contributed by atoms with E-state index in [0.29, 0.717) is 30.8 Å². The quantitative estimate of drug-likeness (QED) is 0.551. The molecule has 3 N–H and O–H groups in total. The molecule has 3 atom stereocenters. The maximum absolute atomic E-state index is 13.3. The number of sulfonamides is 1. The molecule has 2 aliphatic heterocycles. The van der Waals surface area contributed by atoms with E-state index in [1.807, 2.05) is 37.3 Å². The molecule has 2 heterocycles. The molecule has 2 aromatic rings. The second-order valence-corrected chi connectivity index (χ2v) is 10.7. The van der Waals surface area contributed by atoms with E-state index in [2.05, 4.69) is 26.8 Å². The first-order chi connectivity index (χ1) is 16.3. The van der Waals surface area contributed by atoms with Crippen LogP contribution in [0.3, 0.4) is 0 Å². The van der Waals surface area contributed by atoms with Crippen molar-refractivity contribution in [3.05, 3.63) is 64.7 Å². The summed E-state index contributed by atoms with van der Waals surface area (Å²) >= 11 is 0. The fourth-order valence-electron chi connectivity index (χ4n) is 4.84. The molecule has 1 amide bonds. The zero-order chi connectivity index (χ0) is 24.3. The predicted molar refractivity (Wildman–Crippen MR) is 133 cm³/mol. The number of β-amino-alcohol motifs (C(OH)–C–C–N with tert-alkyl or cyclic N) is 1. The summed E-state index contributed by atoms with van der Waals surface area (Å²) in [7, 11) is -1.77. The van der Waals surface area contributed by atoms with E-state index in [0.717, 1.165) is 29.7 Å². The summed E-state index contributed by atoms with van der Waals surface area (Å²) in [6, 6.07) is 13.4. The van der Waals surface area contributed by atoms with Crippen molar-refractivity contribution in [3.8, 4) is 11.8 Å². The molecule has 34 heavy (non-hydrogen) atoms. The Kier molecular flexibility index (Phi) is 7.27. The summed E-state index contributed by atoms with van der Waals surface area (Å²) in [4.78, 5) is 15.5. The van der Waals surface area contributed by atoms with Crippen molar-refractivity contribution in [1.29, 1.82) is 0 Å². The summed E-state index contributed by atoms with van der Waals surface area (Å²) in [5.74, 6) is 5.31. The van der Waals surface area contributed by atoms with Crippen LogP contribution in [0, 0.1) is 11.8 Å². The number of aliphatic hydroxyl groups is 1. The number of benzene rings is 2. The van der Waals surface area contributed by atoms with E-state index in [1.165, 1.54) is 0 Å². The Morgan fingerprint density at radius 2 is 2.09 bits per heavy atom. The van der Waals surface area contributed by atoms with Gasteiger partial charge in [-0.2, -0.15) is 0 Å². The molecule has 0 saturated carbocycles. The number of rotatable bonds is 6. The van der Waals surface area contributed by atoms with E-state index in [1.54, 1.807) is 19.2 Å². The number of fused-ring (bicyclic) bond motifs is 1. The molecule has 2 aromatic carbocycles. The van der Waals surface area contributed by atoms with Gasteiger partial charge in [0.1, 0.15) is 0 Å². The van der Waals surface area contributed by atoms with Crippen LogP contribution in [0.1, 0.15) is 53.9 Å². The summed E-state index contributed by atoms with van der Waals surface area (Å²) in [5, 5.41) is 12.9. The smallest absolute Gasteiger partial charge is 0.237 e. The molecule has 0 radical (unpaired) electrons. The van der Waals surface area contributed by atoms with Gasteiger partial charge in [-0.1, -0.05) is 43.0 Å². The highest BCUT2D eigenvalue weighted by Crippen LogP contribution is 2.38. The Bertz CT molecular complexity index is 1230. The second kappa shape index (κ2) is 10.2. The van der Waals surface area contributed by atoms with E-state index in [4.69, 9.17) is 0 Å². The number of carbonyl (C=O) groups excluding carboxylic acids is 1. The predicted octanol–water partition coefficient (Wildman–Crippen LogP) is 2.38. The van der Waals surface area contributed by atoms with Crippen LogP contribution in [0.5, 0.6) is 0 Å². The van der Waals surface area contributed by atoms with Gasteiger partial charge >= 0.3 is 0 Å². The fourth-order valence-corrected chi connectivity index (χ4v) is 6.09. The van der Waals surface area contributed by atoms with Crippen LogP contribution < -0.4 is 10.0 Å². The van der Waals surface area contributed by atoms with Gasteiger partial charge in [0, 0.05) is 44.6 Å². The number of likely N-dealkylation sites (N-methyl/N-ethyl adjacent to an activating group) is 1. The number of likely N-dealkylation sites (tertiary alicyclic amines) is 1. The Morgan fingerprint density at radius 1 is 1.26 bits per heavy atom. The maximum atomic E-state index is 13.3. The molecule has 180 valence electrons. The molecule has 1 saturated heterocycles. The van der Waals surface area contributed by atoms with E-state index < -0.39 is 15.9 Å². The number of amides is 1. The number of hydrogen-bond acceptors (Lipinski definition) is 5. The zero-order valence-corrected chi connectivity index (χ0v) is 20.4. The number of nitrogens with one attached hydrogen (secondary N) is 2. The lowest BCUT2D eigenvalue weighted by atomic mass is 9.79. The first-order valence-electron chi connectivity index (χ1n) is 11.6. The van der Waals surface area contributed by atoms with Crippen molar-refractivity contribution in [2.24, 2.45) is 0 Å². The average molecular weight is 482 g/mol. The fraction of sp³-hybridized carbons (Fsp3) is 0.423. The van der Waals surface area contributed by atoms with Crippen molar-refractivity contribution >= 4 is 21.6 Å². The number of anilines is 1. The Balaban J connectivity index is 1.77. The third-order valence-electron chi connectivity index (χ3n) is 6.46. The lowest BCUT2D eigenvalue weighted by molar-refractivity contribution is -0.122. The molecule has 0 aromatic heterocycles. The van der Waals surface area contributed by atoms with E-state index in [-0.39, 0.29) is 23.7 Å². The molecule has 4 rings (SSSR count). The van der Waals surface area contributed by atoms with Gasteiger partial charge in [0.05, 0.1) is 23.5 Å². The van der Waals surface area contributed by atoms with Crippen molar-refractivity contribution in [3.63, 3.8) is 0 Å². The van der Waals surface area contributed by atoms with Crippen LogP contribution in [0.2, 0.25) is 0 Å². The van der Waals surface area contributed by atoms with Gasteiger partial charge in [0.2, 0.25) is 15.9 Å². The molecular weight excluding hydrogens is 450 g/mol. The molecule has 0 bridgehead atoms. The number of hydrogen-bond donors (Lipinski definition) is 3. The van der Waals surface area contributed by atoms with Gasteiger partial charge in [-0.05, 0) is 41.3 Å². The van der Waals surface area contributed by atoms with Crippen LogP contribution in [0.15, 0.2) is 42.5 Å². The second-order valence-electron chi connectivity index (χ2n) is 8.96. The molecular formula is C26H31N3O4S. The van der Waals surface area contributed by atoms with Crippen LogP contribution >= 0.6 is 0 Å². The number of nitrogens with zero attached hydrogens (tertiary/aromatic N) is 1. The number of carbonyl (C=O) groups is 1.